The highest BCUT2D eigenvalue weighted by molar-refractivity contribution is 5.71. The van der Waals surface area contributed by atoms with Crippen LogP contribution in [0.1, 0.15) is 11.1 Å². The van der Waals surface area contributed by atoms with Crippen LogP contribution in [-0.2, 0) is 6.54 Å². The van der Waals surface area contributed by atoms with E-state index in [-0.39, 0.29) is 5.82 Å². The number of ether oxygens (including phenoxy) is 1. The number of hydrogen-bond donors (Lipinski definition) is 1. The Morgan fingerprint density at radius 2 is 1.84 bits per heavy atom. The van der Waals surface area contributed by atoms with Crippen LogP contribution in [0.5, 0.6) is 5.75 Å². The van der Waals surface area contributed by atoms with Crippen molar-refractivity contribution in [2.45, 2.75) is 13.5 Å². The number of benzene rings is 2. The van der Waals surface area contributed by atoms with E-state index >= 15 is 0 Å². The minimum absolute atomic E-state index is 0.204. The second kappa shape index (κ2) is 5.85. The molecule has 2 rings (SSSR count). The topological polar surface area (TPSA) is 21.3 Å². The van der Waals surface area contributed by atoms with Crippen LogP contribution < -0.4 is 10.1 Å². The van der Waals surface area contributed by atoms with Gasteiger partial charge in [-0.25, -0.2) is 4.39 Å². The second-order valence-corrected chi connectivity index (χ2v) is 4.51. The molecule has 0 atom stereocenters. The van der Waals surface area contributed by atoms with Crippen molar-refractivity contribution in [1.29, 1.82) is 0 Å². The minimum atomic E-state index is -0.204. The molecule has 0 saturated carbocycles. The van der Waals surface area contributed by atoms with Crippen LogP contribution in [0.2, 0.25) is 0 Å². The summed E-state index contributed by atoms with van der Waals surface area (Å²) in [7, 11) is 3.56. The summed E-state index contributed by atoms with van der Waals surface area (Å²) in [6.45, 7) is 2.66. The molecule has 100 valence electrons. The van der Waals surface area contributed by atoms with E-state index in [2.05, 4.69) is 5.32 Å². The lowest BCUT2D eigenvalue weighted by Crippen LogP contribution is -2.07. The molecule has 0 aliphatic heterocycles. The first-order chi connectivity index (χ1) is 9.15. The number of hydrogen-bond acceptors (Lipinski definition) is 2. The molecule has 0 fully saturated rings. The van der Waals surface area contributed by atoms with E-state index in [0.717, 1.165) is 34.5 Å². The fourth-order valence-electron chi connectivity index (χ4n) is 2.23. The van der Waals surface area contributed by atoms with E-state index in [1.165, 1.54) is 6.07 Å². The lowest BCUT2D eigenvalue weighted by Gasteiger charge is -2.13. The predicted octanol–water partition coefficient (Wildman–Crippen LogP) is 3.53. The Bertz CT molecular complexity index is 581. The van der Waals surface area contributed by atoms with E-state index in [1.807, 2.05) is 38.2 Å². The lowest BCUT2D eigenvalue weighted by atomic mass is 9.95. The maximum atomic E-state index is 13.2. The molecule has 0 aliphatic rings. The van der Waals surface area contributed by atoms with Gasteiger partial charge in [0, 0.05) is 6.54 Å². The number of methoxy groups -OCH3 is 1. The molecule has 0 spiro atoms. The van der Waals surface area contributed by atoms with Crippen molar-refractivity contribution in [3.63, 3.8) is 0 Å². The Labute approximate surface area is 113 Å². The largest absolute Gasteiger partial charge is 0.497 e. The third-order valence-electron chi connectivity index (χ3n) is 3.16. The number of nitrogens with one attached hydrogen (secondary N) is 1. The zero-order chi connectivity index (χ0) is 13.8. The Balaban J connectivity index is 2.54. The van der Waals surface area contributed by atoms with Gasteiger partial charge in [0.05, 0.1) is 7.11 Å². The molecule has 0 aliphatic carbocycles. The molecule has 0 radical (unpaired) electrons. The predicted molar refractivity (Wildman–Crippen MR) is 75.9 cm³/mol. The van der Waals surface area contributed by atoms with Crippen molar-refractivity contribution < 1.29 is 9.13 Å². The van der Waals surface area contributed by atoms with Crippen LogP contribution in [0.15, 0.2) is 36.4 Å². The van der Waals surface area contributed by atoms with Gasteiger partial charge in [-0.1, -0.05) is 12.1 Å². The Morgan fingerprint density at radius 3 is 2.47 bits per heavy atom. The van der Waals surface area contributed by atoms with Gasteiger partial charge in [0.25, 0.3) is 0 Å². The van der Waals surface area contributed by atoms with Gasteiger partial charge in [-0.05, 0) is 60.5 Å². The molecule has 0 aromatic heterocycles. The summed E-state index contributed by atoms with van der Waals surface area (Å²) in [6.07, 6.45) is 0. The van der Waals surface area contributed by atoms with E-state index in [9.17, 15) is 4.39 Å². The van der Waals surface area contributed by atoms with Crippen LogP contribution in [0, 0.1) is 12.7 Å². The maximum absolute atomic E-state index is 13.2. The Kier molecular flexibility index (Phi) is 4.17. The van der Waals surface area contributed by atoms with E-state index in [1.54, 1.807) is 13.2 Å². The Hall–Kier alpha value is -1.87. The van der Waals surface area contributed by atoms with Gasteiger partial charge in [-0.2, -0.15) is 0 Å². The molecule has 3 heteroatoms. The standard InChI is InChI=1S/C16H18FNO/c1-11-8-13(17)4-6-15(11)16-7-5-14(19-3)9-12(16)10-18-2/h4-9,18H,10H2,1-3H3. The highest BCUT2D eigenvalue weighted by Gasteiger charge is 2.09. The average Bonchev–Trinajstić information content (AvgIpc) is 2.40. The monoisotopic (exact) mass is 259 g/mol. The van der Waals surface area contributed by atoms with E-state index in [4.69, 9.17) is 4.74 Å². The molecule has 2 aromatic carbocycles. The summed E-state index contributed by atoms with van der Waals surface area (Å²) in [4.78, 5) is 0. The van der Waals surface area contributed by atoms with E-state index < -0.39 is 0 Å². The first kappa shape index (κ1) is 13.6. The van der Waals surface area contributed by atoms with Gasteiger partial charge in [-0.3, -0.25) is 0 Å². The fourth-order valence-corrected chi connectivity index (χ4v) is 2.23. The molecule has 19 heavy (non-hydrogen) atoms. The van der Waals surface area contributed by atoms with Gasteiger partial charge < -0.3 is 10.1 Å². The summed E-state index contributed by atoms with van der Waals surface area (Å²) in [5.74, 6) is 0.624. The molecule has 0 heterocycles. The van der Waals surface area contributed by atoms with Gasteiger partial charge in [0.2, 0.25) is 0 Å². The first-order valence-electron chi connectivity index (χ1n) is 6.23. The second-order valence-electron chi connectivity index (χ2n) is 4.51. The van der Waals surface area contributed by atoms with E-state index in [0.29, 0.717) is 0 Å². The summed E-state index contributed by atoms with van der Waals surface area (Å²) in [6, 6.07) is 10.8. The van der Waals surface area contributed by atoms with Gasteiger partial charge in [0.1, 0.15) is 11.6 Å². The molecule has 2 aromatic rings. The van der Waals surface area contributed by atoms with Crippen LogP contribution in [0.4, 0.5) is 4.39 Å². The van der Waals surface area contributed by atoms with Gasteiger partial charge >= 0.3 is 0 Å². The number of aryl methyl sites for hydroxylation is 1. The quantitative estimate of drug-likeness (QED) is 0.907. The normalized spacial score (nSPS) is 10.5. The lowest BCUT2D eigenvalue weighted by molar-refractivity contribution is 0.414. The molecule has 1 N–H and O–H groups in total. The average molecular weight is 259 g/mol. The molecule has 0 amide bonds. The summed E-state index contributed by atoms with van der Waals surface area (Å²) < 4.78 is 18.5. The molecule has 0 bridgehead atoms. The summed E-state index contributed by atoms with van der Waals surface area (Å²) in [5.41, 5.74) is 4.22. The van der Waals surface area contributed by atoms with Crippen molar-refractivity contribution in [3.05, 3.63) is 53.3 Å². The third kappa shape index (κ3) is 2.93. The summed E-state index contributed by atoms with van der Waals surface area (Å²) >= 11 is 0. The molecule has 0 saturated heterocycles. The SMILES string of the molecule is CNCc1cc(OC)ccc1-c1ccc(F)cc1C. The maximum Gasteiger partial charge on any atom is 0.123 e. The van der Waals surface area contributed by atoms with Crippen LogP contribution in [0.25, 0.3) is 11.1 Å². The highest BCUT2D eigenvalue weighted by atomic mass is 19.1. The minimum Gasteiger partial charge on any atom is -0.497 e. The van der Waals surface area contributed by atoms with Crippen molar-refractivity contribution in [2.24, 2.45) is 0 Å². The van der Waals surface area contributed by atoms with Crippen molar-refractivity contribution in [2.75, 3.05) is 14.2 Å². The van der Waals surface area contributed by atoms with Gasteiger partial charge in [0.15, 0.2) is 0 Å². The zero-order valence-electron chi connectivity index (χ0n) is 11.5. The smallest absolute Gasteiger partial charge is 0.123 e. The molecular formula is C16H18FNO. The zero-order valence-corrected chi connectivity index (χ0v) is 11.5. The van der Waals surface area contributed by atoms with Crippen LogP contribution in [0.3, 0.4) is 0 Å². The fraction of sp³-hybridized carbons (Fsp3) is 0.250. The van der Waals surface area contributed by atoms with Gasteiger partial charge in [-0.15, -0.1) is 0 Å². The van der Waals surface area contributed by atoms with Crippen LogP contribution in [-0.4, -0.2) is 14.2 Å². The number of halogens is 1. The molecular weight excluding hydrogens is 241 g/mol. The number of rotatable bonds is 4. The Morgan fingerprint density at radius 1 is 1.11 bits per heavy atom. The molecule has 2 nitrogen and oxygen atoms in total. The highest BCUT2D eigenvalue weighted by Crippen LogP contribution is 2.30. The summed E-state index contributed by atoms with van der Waals surface area (Å²) in [5, 5.41) is 3.15. The third-order valence-corrected chi connectivity index (χ3v) is 3.16. The van der Waals surface area contributed by atoms with Crippen LogP contribution >= 0.6 is 0 Å². The molecule has 0 unspecified atom stereocenters. The van der Waals surface area contributed by atoms with Crippen molar-refractivity contribution >= 4 is 0 Å². The first-order valence-corrected chi connectivity index (χ1v) is 6.23. The van der Waals surface area contributed by atoms with Crippen molar-refractivity contribution in [3.8, 4) is 16.9 Å². The van der Waals surface area contributed by atoms with Crippen molar-refractivity contribution in [1.82, 2.24) is 5.32 Å².